The van der Waals surface area contributed by atoms with E-state index < -0.39 is 12.0 Å². The fourth-order valence-electron chi connectivity index (χ4n) is 7.57. The maximum atomic E-state index is 13.6. The molecule has 1 saturated heterocycles. The minimum atomic E-state index is -0.666. The zero-order chi connectivity index (χ0) is 52.5. The molecule has 69 heavy (non-hydrogen) atoms. The number of nitrogens with zero attached hydrogens (tertiary/aromatic N) is 5. The van der Waals surface area contributed by atoms with Crippen LogP contribution < -0.4 is 14.8 Å². The molecule has 0 aliphatic carbocycles. The Kier molecular flexibility index (Phi) is 26.9. The number of likely N-dealkylation sites (tertiary alicyclic amines) is 1. The number of unbranched alkanes of at least 4 members (excludes halogenated alkanes) is 1. The van der Waals surface area contributed by atoms with Gasteiger partial charge in [-0.05, 0) is 86.7 Å². The third-order valence-electron chi connectivity index (χ3n) is 11.2. The van der Waals surface area contributed by atoms with Gasteiger partial charge in [-0.2, -0.15) is 0 Å². The van der Waals surface area contributed by atoms with Crippen molar-refractivity contribution in [3.63, 3.8) is 0 Å². The van der Waals surface area contributed by atoms with Crippen LogP contribution in [0, 0.1) is 19.8 Å². The Morgan fingerprint density at radius 1 is 0.870 bits per heavy atom. The van der Waals surface area contributed by atoms with Crippen molar-refractivity contribution in [1.82, 2.24) is 23.8 Å². The van der Waals surface area contributed by atoms with E-state index in [4.69, 9.17) is 9.47 Å². The van der Waals surface area contributed by atoms with E-state index in [0.29, 0.717) is 34.9 Å². The maximum absolute atomic E-state index is 13.6. The number of carbonyl (C=O) groups excluding carboxylic acids is 4. The van der Waals surface area contributed by atoms with E-state index in [1.54, 1.807) is 65.2 Å². The number of ether oxygens (including phenoxy) is 2. The number of aryl methyl sites for hydroxylation is 4. The Hall–Kier alpha value is -6.56. The molecule has 12 heteroatoms. The van der Waals surface area contributed by atoms with E-state index in [-0.39, 0.29) is 41.9 Å². The summed E-state index contributed by atoms with van der Waals surface area (Å²) in [6.07, 6.45) is 12.3. The normalized spacial score (nSPS) is 15.1. The van der Waals surface area contributed by atoms with E-state index in [0.717, 1.165) is 47.5 Å². The molecule has 378 valence electrons. The van der Waals surface area contributed by atoms with Crippen molar-refractivity contribution in [3.8, 4) is 11.5 Å². The van der Waals surface area contributed by atoms with Crippen molar-refractivity contribution in [3.05, 3.63) is 150 Å². The van der Waals surface area contributed by atoms with Crippen molar-refractivity contribution in [2.24, 2.45) is 20.0 Å². The molecule has 3 unspecified atom stereocenters. The number of piperidine rings is 1. The maximum Gasteiger partial charge on any atom is 0.254 e. The van der Waals surface area contributed by atoms with Gasteiger partial charge in [-0.3, -0.25) is 19.2 Å². The highest BCUT2D eigenvalue weighted by atomic mass is 16.7. The highest BCUT2D eigenvalue weighted by molar-refractivity contribution is 6.05. The number of benzene rings is 2. The van der Waals surface area contributed by atoms with Crippen molar-refractivity contribution >= 4 is 29.3 Å². The highest BCUT2D eigenvalue weighted by Crippen LogP contribution is 2.43. The Morgan fingerprint density at radius 2 is 1.45 bits per heavy atom. The zero-order valence-corrected chi connectivity index (χ0v) is 44.9. The largest absolute Gasteiger partial charge is 0.454 e. The van der Waals surface area contributed by atoms with Crippen molar-refractivity contribution in [1.29, 1.82) is 0 Å². The second kappa shape index (κ2) is 30.7. The van der Waals surface area contributed by atoms with Gasteiger partial charge in [0.15, 0.2) is 11.5 Å². The van der Waals surface area contributed by atoms with Crippen LogP contribution in [0.3, 0.4) is 0 Å². The summed E-state index contributed by atoms with van der Waals surface area (Å²) in [6, 6.07) is 16.3. The van der Waals surface area contributed by atoms with Crippen LogP contribution in [0.4, 0.5) is 5.69 Å². The summed E-state index contributed by atoms with van der Waals surface area (Å²) < 4.78 is 14.8. The summed E-state index contributed by atoms with van der Waals surface area (Å²) in [7, 11) is 9.28. The van der Waals surface area contributed by atoms with Crippen LogP contribution in [0.25, 0.3) is 0 Å². The Bertz CT molecular complexity index is 2300. The van der Waals surface area contributed by atoms with Crippen LogP contribution in [0.1, 0.15) is 132 Å². The van der Waals surface area contributed by atoms with Crippen molar-refractivity contribution in [2.45, 2.75) is 114 Å². The summed E-state index contributed by atoms with van der Waals surface area (Å²) >= 11 is 0. The van der Waals surface area contributed by atoms with Crippen LogP contribution in [0.2, 0.25) is 0 Å². The van der Waals surface area contributed by atoms with Gasteiger partial charge in [-0.25, -0.2) is 0 Å². The fourth-order valence-corrected chi connectivity index (χ4v) is 7.57. The number of nitrogens with one attached hydrogen (secondary N) is 1. The first-order valence-corrected chi connectivity index (χ1v) is 24.3. The third kappa shape index (κ3) is 16.6. The SMILES string of the molecule is C=C/C=C1\C(=C)C(=O)N(C)C(c2cc(C)n(C)c2)C1C(=O)Nc1ccc2c(c1)OCO2.C=CC.CC.CC.CCC.CCCCN(C)C(=O)C(C)c1ccccc1C(=O)N(C)Cc1cc(C)n(C)c1. The minimum absolute atomic E-state index is 0.0510. The molecule has 1 N–H and O–H groups in total. The number of amides is 4. The predicted molar refractivity (Wildman–Crippen MR) is 286 cm³/mol. The fraction of sp³-hybridized carbons (Fsp3) is 0.439. The summed E-state index contributed by atoms with van der Waals surface area (Å²) in [4.78, 5) is 57.5. The number of allylic oxidation sites excluding steroid dienone is 3. The Morgan fingerprint density at radius 3 is 2.00 bits per heavy atom. The summed E-state index contributed by atoms with van der Waals surface area (Å²) in [5.74, 6) is -0.280. The molecule has 2 aliphatic rings. The smallest absolute Gasteiger partial charge is 0.254 e. The molecule has 12 nitrogen and oxygen atoms in total. The van der Waals surface area contributed by atoms with Crippen LogP contribution in [-0.2, 0) is 35.0 Å². The Labute approximate surface area is 415 Å². The lowest BCUT2D eigenvalue weighted by molar-refractivity contribution is -0.133. The van der Waals surface area contributed by atoms with E-state index in [1.807, 2.05) is 124 Å². The first-order valence-electron chi connectivity index (χ1n) is 24.3. The monoisotopic (exact) mass is 949 g/mol. The lowest BCUT2D eigenvalue weighted by atomic mass is 9.78. The van der Waals surface area contributed by atoms with Crippen molar-refractivity contribution < 1.29 is 28.7 Å². The minimum Gasteiger partial charge on any atom is -0.454 e. The third-order valence-corrected chi connectivity index (χ3v) is 11.2. The standard InChI is InChI=1S/C24H25N3O4.C23H33N3O2.C3H8.C3H6.2C2H6/c1-6-7-18-15(3)24(29)27(5)22(16-10-14(2)26(4)12-16)21(18)23(28)25-17-8-9-19-20(11-17)31-13-30-19;1-7-8-13-24(4)22(27)18(3)20-11-9-10-12-21(20)23(28)26(6)16-19-14-17(2)25(5)15-19;2*1-3-2;2*1-2/h6-12,21-22H,1,3,13H2,2,4-5H3,(H,25,28);9-12,14-15,18H,7-8,13,16H2,1-6H3;3H2,1-2H3;3H,1H2,2H3;2*1-2H3/b18-7+;;;;;. The summed E-state index contributed by atoms with van der Waals surface area (Å²) in [5, 5.41) is 2.97. The quantitative estimate of drug-likeness (QED) is 0.112. The number of likely N-dealkylation sites (N-methyl/N-ethyl adjacent to an activating group) is 2. The van der Waals surface area contributed by atoms with Gasteiger partial charge in [0.1, 0.15) is 0 Å². The molecule has 4 heterocycles. The van der Waals surface area contributed by atoms with E-state index in [1.165, 1.54) is 6.42 Å². The number of rotatable bonds is 12. The number of hydrogen-bond donors (Lipinski definition) is 1. The van der Waals surface area contributed by atoms with Gasteiger partial charge in [0, 0.05) is 95.0 Å². The van der Waals surface area contributed by atoms with Crippen LogP contribution >= 0.6 is 0 Å². The Balaban J connectivity index is 0.000000584. The van der Waals surface area contributed by atoms with Crippen molar-refractivity contribution in [2.75, 3.05) is 39.8 Å². The molecule has 4 aromatic rings. The average Bonchev–Trinajstić information content (AvgIpc) is 4.05. The second-order valence-corrected chi connectivity index (χ2v) is 16.6. The topological polar surface area (TPSA) is 118 Å². The second-order valence-electron chi connectivity index (χ2n) is 16.6. The zero-order valence-electron chi connectivity index (χ0n) is 44.9. The lowest BCUT2D eigenvalue weighted by Gasteiger charge is -2.40. The van der Waals surface area contributed by atoms with Gasteiger partial charge >= 0.3 is 0 Å². The van der Waals surface area contributed by atoms with Crippen LogP contribution in [0.15, 0.2) is 116 Å². The van der Waals surface area contributed by atoms with Gasteiger partial charge in [-0.1, -0.05) is 111 Å². The van der Waals surface area contributed by atoms with Gasteiger partial charge in [0.25, 0.3) is 11.8 Å². The number of anilines is 1. The van der Waals surface area contributed by atoms with Gasteiger partial charge in [-0.15, -0.1) is 6.58 Å². The molecule has 3 atom stereocenters. The summed E-state index contributed by atoms with van der Waals surface area (Å²) in [5.41, 5.74) is 6.98. The lowest BCUT2D eigenvalue weighted by Crippen LogP contribution is -2.46. The molecule has 2 aliphatic heterocycles. The molecule has 0 saturated carbocycles. The molecule has 2 aromatic heterocycles. The van der Waals surface area contributed by atoms with E-state index in [2.05, 4.69) is 56.5 Å². The highest BCUT2D eigenvalue weighted by Gasteiger charge is 2.44. The first-order chi connectivity index (χ1) is 32.9. The molecule has 4 amide bonds. The van der Waals surface area contributed by atoms with Gasteiger partial charge in [0.2, 0.25) is 18.6 Å². The molecule has 0 bridgehead atoms. The summed E-state index contributed by atoms with van der Waals surface area (Å²) in [6.45, 7) is 34.7. The molecule has 1 fully saturated rings. The van der Waals surface area contributed by atoms with Gasteiger partial charge in [0.05, 0.1) is 17.9 Å². The number of carbonyl (C=O) groups is 4. The first kappa shape index (κ1) is 60.5. The van der Waals surface area contributed by atoms with E-state index in [9.17, 15) is 19.2 Å². The molecular weight excluding hydrogens is 865 g/mol. The molecule has 2 aromatic carbocycles. The molecule has 6 rings (SSSR count). The average molecular weight is 949 g/mol. The molecule has 0 radical (unpaired) electrons. The van der Waals surface area contributed by atoms with Crippen LogP contribution in [-0.4, -0.2) is 81.9 Å². The number of aromatic nitrogens is 2. The molecular formula is C57H84N6O6. The predicted octanol–water partition coefficient (Wildman–Crippen LogP) is 12.1. The number of fused-ring (bicyclic) bond motifs is 1. The number of hydrogen-bond acceptors (Lipinski definition) is 6. The van der Waals surface area contributed by atoms with E-state index >= 15 is 0 Å². The van der Waals surface area contributed by atoms with Gasteiger partial charge < -0.3 is 38.6 Å². The molecule has 0 spiro atoms. The van der Waals surface area contributed by atoms with Crippen LogP contribution in [0.5, 0.6) is 11.5 Å².